The zero-order chi connectivity index (χ0) is 7.56. The molecular weight excluding hydrogens is 126 g/mol. The number of amides is 1. The van der Waals surface area contributed by atoms with E-state index in [1.807, 2.05) is 4.90 Å². The standard InChI is InChI=1S/C8H15NO/c1-3-4-9-6-7(2)5-8(9)10/h7H,3-6H2,1-2H3/t7-/m1/s1. The summed E-state index contributed by atoms with van der Waals surface area (Å²) in [6.45, 7) is 6.17. The maximum Gasteiger partial charge on any atom is 0.222 e. The van der Waals surface area contributed by atoms with E-state index in [4.69, 9.17) is 0 Å². The first-order valence-electron chi connectivity index (χ1n) is 4.01. The quantitative estimate of drug-likeness (QED) is 0.567. The third kappa shape index (κ3) is 1.49. The summed E-state index contributed by atoms with van der Waals surface area (Å²) in [7, 11) is 0. The molecule has 0 N–H and O–H groups in total. The molecule has 2 heteroatoms. The summed E-state index contributed by atoms with van der Waals surface area (Å²) in [4.78, 5) is 13.1. The SMILES string of the molecule is CCCN1C[C@H](C)CC1=O. The van der Waals surface area contributed by atoms with Gasteiger partial charge in [0.1, 0.15) is 0 Å². The Bertz CT molecular complexity index is 133. The highest BCUT2D eigenvalue weighted by Crippen LogP contribution is 2.16. The predicted octanol–water partition coefficient (Wildman–Crippen LogP) is 1.26. The fraction of sp³-hybridized carbons (Fsp3) is 0.875. The van der Waals surface area contributed by atoms with Gasteiger partial charge >= 0.3 is 0 Å². The average molecular weight is 141 g/mol. The molecular formula is C8H15NO. The first-order chi connectivity index (χ1) is 4.74. The fourth-order valence-corrected chi connectivity index (χ4v) is 1.46. The Morgan fingerprint density at radius 2 is 2.40 bits per heavy atom. The summed E-state index contributed by atoms with van der Waals surface area (Å²) in [6.07, 6.45) is 1.85. The van der Waals surface area contributed by atoms with Gasteiger partial charge in [-0.3, -0.25) is 4.79 Å². The summed E-state index contributed by atoms with van der Waals surface area (Å²) in [5, 5.41) is 0. The summed E-state index contributed by atoms with van der Waals surface area (Å²) in [5.41, 5.74) is 0. The first kappa shape index (κ1) is 7.58. The molecule has 1 amide bonds. The number of carbonyl (C=O) groups is 1. The van der Waals surface area contributed by atoms with Gasteiger partial charge in [0.05, 0.1) is 0 Å². The molecule has 2 nitrogen and oxygen atoms in total. The van der Waals surface area contributed by atoms with Crippen molar-refractivity contribution in [3.05, 3.63) is 0 Å². The molecule has 0 radical (unpaired) electrons. The van der Waals surface area contributed by atoms with Gasteiger partial charge in [-0.2, -0.15) is 0 Å². The van der Waals surface area contributed by atoms with Crippen LogP contribution in [0.25, 0.3) is 0 Å². The molecule has 0 unspecified atom stereocenters. The second kappa shape index (κ2) is 3.04. The lowest BCUT2D eigenvalue weighted by molar-refractivity contribution is -0.127. The second-order valence-electron chi connectivity index (χ2n) is 3.15. The van der Waals surface area contributed by atoms with Crippen LogP contribution in [0.5, 0.6) is 0 Å². The van der Waals surface area contributed by atoms with E-state index in [-0.39, 0.29) is 0 Å². The first-order valence-corrected chi connectivity index (χ1v) is 4.01. The maximum atomic E-state index is 11.1. The van der Waals surface area contributed by atoms with Crippen LogP contribution in [-0.4, -0.2) is 23.9 Å². The van der Waals surface area contributed by atoms with Crippen LogP contribution in [0.1, 0.15) is 26.7 Å². The molecule has 0 aromatic carbocycles. The number of hydrogen-bond donors (Lipinski definition) is 0. The number of nitrogens with zero attached hydrogens (tertiary/aromatic N) is 1. The lowest BCUT2D eigenvalue weighted by atomic mass is 10.2. The van der Waals surface area contributed by atoms with E-state index in [2.05, 4.69) is 13.8 Å². The monoisotopic (exact) mass is 141 g/mol. The van der Waals surface area contributed by atoms with Crippen molar-refractivity contribution >= 4 is 5.91 Å². The van der Waals surface area contributed by atoms with Gasteiger partial charge in [-0.05, 0) is 12.3 Å². The normalized spacial score (nSPS) is 26.0. The van der Waals surface area contributed by atoms with Crippen LogP contribution in [-0.2, 0) is 4.79 Å². The molecule has 1 atom stereocenters. The topological polar surface area (TPSA) is 20.3 Å². The van der Waals surface area contributed by atoms with E-state index in [0.29, 0.717) is 11.8 Å². The number of carbonyl (C=O) groups excluding carboxylic acids is 1. The Kier molecular flexibility index (Phi) is 2.30. The van der Waals surface area contributed by atoms with Crippen LogP contribution in [0.4, 0.5) is 0 Å². The van der Waals surface area contributed by atoms with Crippen LogP contribution in [0.2, 0.25) is 0 Å². The van der Waals surface area contributed by atoms with E-state index in [9.17, 15) is 4.79 Å². The molecule has 0 aliphatic carbocycles. The Labute approximate surface area is 62.2 Å². The number of hydrogen-bond acceptors (Lipinski definition) is 1. The van der Waals surface area contributed by atoms with E-state index in [0.717, 1.165) is 25.9 Å². The smallest absolute Gasteiger partial charge is 0.222 e. The fourth-order valence-electron chi connectivity index (χ4n) is 1.46. The van der Waals surface area contributed by atoms with E-state index in [1.165, 1.54) is 0 Å². The van der Waals surface area contributed by atoms with Crippen molar-refractivity contribution in [3.63, 3.8) is 0 Å². The van der Waals surface area contributed by atoms with Crippen molar-refractivity contribution in [1.29, 1.82) is 0 Å². The van der Waals surface area contributed by atoms with Gasteiger partial charge in [-0.1, -0.05) is 13.8 Å². The van der Waals surface area contributed by atoms with Gasteiger partial charge in [0.2, 0.25) is 5.91 Å². The van der Waals surface area contributed by atoms with Crippen molar-refractivity contribution in [2.24, 2.45) is 5.92 Å². The molecule has 58 valence electrons. The minimum absolute atomic E-state index is 0.342. The van der Waals surface area contributed by atoms with Gasteiger partial charge in [-0.25, -0.2) is 0 Å². The second-order valence-corrected chi connectivity index (χ2v) is 3.15. The predicted molar refractivity (Wildman–Crippen MR) is 40.7 cm³/mol. The Balaban J connectivity index is 2.39. The number of rotatable bonds is 2. The van der Waals surface area contributed by atoms with Gasteiger partial charge in [0, 0.05) is 19.5 Å². The van der Waals surface area contributed by atoms with Gasteiger partial charge < -0.3 is 4.90 Å². The van der Waals surface area contributed by atoms with Crippen LogP contribution in [0, 0.1) is 5.92 Å². The summed E-state index contributed by atoms with van der Waals surface area (Å²) < 4.78 is 0. The Morgan fingerprint density at radius 1 is 1.70 bits per heavy atom. The van der Waals surface area contributed by atoms with Gasteiger partial charge in [-0.15, -0.1) is 0 Å². The van der Waals surface area contributed by atoms with Crippen LogP contribution >= 0.6 is 0 Å². The summed E-state index contributed by atoms with van der Waals surface area (Å²) >= 11 is 0. The Morgan fingerprint density at radius 3 is 2.80 bits per heavy atom. The highest BCUT2D eigenvalue weighted by molar-refractivity contribution is 5.78. The molecule has 0 aromatic heterocycles. The maximum absolute atomic E-state index is 11.1. The summed E-state index contributed by atoms with van der Waals surface area (Å²) in [5.74, 6) is 0.924. The molecule has 1 aliphatic heterocycles. The van der Waals surface area contributed by atoms with Gasteiger partial charge in [0.25, 0.3) is 0 Å². The van der Waals surface area contributed by atoms with Gasteiger partial charge in [0.15, 0.2) is 0 Å². The molecule has 1 fully saturated rings. The minimum atomic E-state index is 0.342. The number of likely N-dealkylation sites (tertiary alicyclic amines) is 1. The van der Waals surface area contributed by atoms with Crippen molar-refractivity contribution in [2.75, 3.05) is 13.1 Å². The molecule has 1 rings (SSSR count). The molecule has 10 heavy (non-hydrogen) atoms. The van der Waals surface area contributed by atoms with E-state index in [1.54, 1.807) is 0 Å². The highest BCUT2D eigenvalue weighted by atomic mass is 16.2. The van der Waals surface area contributed by atoms with E-state index < -0.39 is 0 Å². The third-order valence-electron chi connectivity index (χ3n) is 1.90. The van der Waals surface area contributed by atoms with Crippen molar-refractivity contribution in [1.82, 2.24) is 4.90 Å². The zero-order valence-corrected chi connectivity index (χ0v) is 6.76. The highest BCUT2D eigenvalue weighted by Gasteiger charge is 2.24. The molecule has 0 bridgehead atoms. The molecule has 1 aliphatic rings. The van der Waals surface area contributed by atoms with Crippen molar-refractivity contribution < 1.29 is 4.79 Å². The van der Waals surface area contributed by atoms with Crippen molar-refractivity contribution in [3.8, 4) is 0 Å². The largest absolute Gasteiger partial charge is 0.342 e. The Hall–Kier alpha value is -0.530. The van der Waals surface area contributed by atoms with Crippen molar-refractivity contribution in [2.45, 2.75) is 26.7 Å². The lowest BCUT2D eigenvalue weighted by Gasteiger charge is -2.13. The summed E-state index contributed by atoms with van der Waals surface area (Å²) in [6, 6.07) is 0. The molecule has 1 saturated heterocycles. The molecule has 0 saturated carbocycles. The third-order valence-corrected chi connectivity index (χ3v) is 1.90. The average Bonchev–Trinajstić information content (AvgIpc) is 2.13. The molecule has 0 spiro atoms. The van der Waals surface area contributed by atoms with Crippen LogP contribution < -0.4 is 0 Å². The van der Waals surface area contributed by atoms with E-state index >= 15 is 0 Å². The van der Waals surface area contributed by atoms with Crippen LogP contribution in [0.15, 0.2) is 0 Å². The lowest BCUT2D eigenvalue weighted by Crippen LogP contribution is -2.25. The molecule has 0 aromatic rings. The molecule has 1 heterocycles. The minimum Gasteiger partial charge on any atom is -0.342 e. The zero-order valence-electron chi connectivity index (χ0n) is 6.76. The van der Waals surface area contributed by atoms with Crippen LogP contribution in [0.3, 0.4) is 0 Å².